The lowest BCUT2D eigenvalue weighted by atomic mass is 9.81. The van der Waals surface area contributed by atoms with Crippen LogP contribution in [0.15, 0.2) is 65.1 Å². The molecule has 9 heteroatoms. The summed E-state index contributed by atoms with van der Waals surface area (Å²) in [5.74, 6) is -0.931. The van der Waals surface area contributed by atoms with Gasteiger partial charge < -0.3 is 4.74 Å². The molecule has 45 heavy (non-hydrogen) atoms. The van der Waals surface area contributed by atoms with Crippen LogP contribution in [0.25, 0.3) is 22.2 Å². The zero-order valence-corrected chi connectivity index (χ0v) is 27.3. The first-order valence-corrected chi connectivity index (χ1v) is 16.3. The van der Waals surface area contributed by atoms with Gasteiger partial charge in [0.25, 0.3) is 0 Å². The maximum absolute atomic E-state index is 13.7. The van der Waals surface area contributed by atoms with Crippen molar-refractivity contribution in [2.24, 2.45) is 23.7 Å². The second-order valence-corrected chi connectivity index (χ2v) is 13.7. The van der Waals surface area contributed by atoms with Crippen molar-refractivity contribution >= 4 is 67.7 Å². The highest BCUT2D eigenvalue weighted by Crippen LogP contribution is 2.56. The first-order chi connectivity index (χ1) is 21.5. The minimum atomic E-state index is -1.02. The monoisotopic (exact) mass is 684 g/mol. The summed E-state index contributed by atoms with van der Waals surface area (Å²) in [6.07, 6.45) is 2.01. The number of fused-ring (bicyclic) bond motifs is 6. The maximum atomic E-state index is 13.7. The van der Waals surface area contributed by atoms with Crippen molar-refractivity contribution in [3.05, 3.63) is 92.4 Å². The van der Waals surface area contributed by atoms with E-state index >= 15 is 0 Å². The molecule has 2 aliphatic carbocycles. The molecule has 1 aromatic heterocycles. The Labute approximate surface area is 274 Å². The number of esters is 1. The molecule has 0 spiro atoms. The van der Waals surface area contributed by atoms with Crippen LogP contribution in [-0.2, 0) is 14.3 Å². The number of Topliss-reactive ketones (excluding diaryl/α,β-unsaturated/α-hetero) is 1. The first kappa shape index (κ1) is 29.8. The van der Waals surface area contributed by atoms with Gasteiger partial charge in [-0.1, -0.05) is 53.6 Å². The van der Waals surface area contributed by atoms with Crippen LogP contribution < -0.4 is 4.90 Å². The summed E-state index contributed by atoms with van der Waals surface area (Å²) in [5.41, 5.74) is 4.59. The Morgan fingerprint density at radius 1 is 0.956 bits per heavy atom. The predicted octanol–water partition coefficient (Wildman–Crippen LogP) is 7.90. The lowest BCUT2D eigenvalue weighted by Crippen LogP contribution is -2.32. The molecule has 4 aromatic rings. The third kappa shape index (κ3) is 4.90. The molecule has 0 N–H and O–H groups in total. The zero-order valence-electron chi connectivity index (χ0n) is 25.0. The average molecular weight is 686 g/mol. The molecule has 0 radical (unpaired) electrons. The maximum Gasteiger partial charge on any atom is 0.339 e. The number of carbonyl (C=O) groups is 4. The van der Waals surface area contributed by atoms with Crippen molar-refractivity contribution in [2.45, 2.75) is 46.1 Å². The summed E-state index contributed by atoms with van der Waals surface area (Å²) in [7, 11) is 0. The lowest BCUT2D eigenvalue weighted by Gasteiger charge is -2.19. The Hall–Kier alpha value is -3.88. The lowest BCUT2D eigenvalue weighted by molar-refractivity contribution is -0.123. The third-order valence-electron chi connectivity index (χ3n) is 9.78. The van der Waals surface area contributed by atoms with Crippen LogP contribution in [0.5, 0.6) is 0 Å². The van der Waals surface area contributed by atoms with E-state index < -0.39 is 12.1 Å². The van der Waals surface area contributed by atoms with Gasteiger partial charge in [-0.3, -0.25) is 19.3 Å². The molecular formula is C36H30BrClN2O5. The molecule has 228 valence electrons. The Kier molecular flexibility index (Phi) is 7.40. The Morgan fingerprint density at radius 2 is 1.58 bits per heavy atom. The second-order valence-electron chi connectivity index (χ2n) is 12.5. The minimum absolute atomic E-state index is 0.0936. The number of hydrogen-bond donors (Lipinski definition) is 0. The Bertz CT molecular complexity index is 1900. The molecule has 7 rings (SSSR count). The average Bonchev–Trinajstić information content (AvgIpc) is 3.73. The topological polar surface area (TPSA) is 93.6 Å². The second kappa shape index (κ2) is 11.2. The summed E-state index contributed by atoms with van der Waals surface area (Å²) in [6.45, 7) is 5.31. The number of anilines is 1. The molecule has 3 aliphatic rings. The van der Waals surface area contributed by atoms with E-state index in [0.717, 1.165) is 24.8 Å². The summed E-state index contributed by atoms with van der Waals surface area (Å²) in [4.78, 5) is 59.6. The SMILES string of the molecule is Cc1ccc(C(=O)C(C)OC(=O)c2cc(-c3ccc(N4C(=O)C5C6CCC(C6)C5C4=O)cc3)nc3c(C)c(Cl)c(Br)cc23)cc1. The zero-order chi connectivity index (χ0) is 31.7. The van der Waals surface area contributed by atoms with E-state index in [1.807, 2.05) is 26.0 Å². The van der Waals surface area contributed by atoms with Crippen LogP contribution in [0, 0.1) is 37.5 Å². The number of halogens is 2. The number of pyridine rings is 1. The predicted molar refractivity (Wildman–Crippen MR) is 175 cm³/mol. The van der Waals surface area contributed by atoms with Crippen LogP contribution in [0.4, 0.5) is 5.69 Å². The fourth-order valence-corrected chi connectivity index (χ4v) is 8.12. The van der Waals surface area contributed by atoms with Crippen molar-refractivity contribution in [3.8, 4) is 11.3 Å². The van der Waals surface area contributed by atoms with Crippen LogP contribution in [0.2, 0.25) is 5.02 Å². The van der Waals surface area contributed by atoms with Crippen molar-refractivity contribution in [3.63, 3.8) is 0 Å². The van der Waals surface area contributed by atoms with Crippen LogP contribution in [0.3, 0.4) is 0 Å². The number of hydrogen-bond acceptors (Lipinski definition) is 6. The van der Waals surface area contributed by atoms with Crippen molar-refractivity contribution in [1.29, 1.82) is 0 Å². The van der Waals surface area contributed by atoms with Gasteiger partial charge in [0.05, 0.1) is 39.3 Å². The highest BCUT2D eigenvalue weighted by molar-refractivity contribution is 9.10. The number of ketones is 1. The summed E-state index contributed by atoms with van der Waals surface area (Å²) in [5, 5.41) is 0.994. The molecule has 7 nitrogen and oxygen atoms in total. The number of carbonyl (C=O) groups excluding carboxylic acids is 4. The standard InChI is InChI=1S/C36H30BrClN2O5/c1-17-4-6-21(7-5-17)33(41)19(3)45-36(44)26-16-28(39-32-18(2)31(38)27(37)15-25(26)32)20-10-12-24(13-11-20)40-34(42)29-22-8-9-23(14-22)30(29)35(40)43/h4-7,10-13,15-16,19,22-23,29-30H,8-9,14H2,1-3H3. The van der Waals surface area contributed by atoms with Crippen molar-refractivity contribution in [1.82, 2.24) is 4.98 Å². The summed E-state index contributed by atoms with van der Waals surface area (Å²) >= 11 is 10.0. The molecule has 5 unspecified atom stereocenters. The Balaban J connectivity index is 1.22. The van der Waals surface area contributed by atoms with E-state index in [0.29, 0.717) is 60.3 Å². The molecular weight excluding hydrogens is 656 g/mol. The fraction of sp³-hybridized carbons (Fsp3) is 0.306. The first-order valence-electron chi connectivity index (χ1n) is 15.1. The molecule has 1 aliphatic heterocycles. The highest BCUT2D eigenvalue weighted by Gasteiger charge is 2.61. The van der Waals surface area contributed by atoms with Crippen LogP contribution >= 0.6 is 27.5 Å². The number of aryl methyl sites for hydroxylation is 2. The van der Waals surface area contributed by atoms with Gasteiger partial charge in [-0.25, -0.2) is 9.78 Å². The van der Waals surface area contributed by atoms with E-state index in [-0.39, 0.29) is 35.0 Å². The van der Waals surface area contributed by atoms with E-state index in [4.69, 9.17) is 21.3 Å². The van der Waals surface area contributed by atoms with Gasteiger partial charge >= 0.3 is 5.97 Å². The van der Waals surface area contributed by atoms with Gasteiger partial charge in [0.2, 0.25) is 17.6 Å². The number of rotatable bonds is 6. The third-order valence-corrected chi connectivity index (χ3v) is 11.1. The molecule has 3 aromatic carbocycles. The largest absolute Gasteiger partial charge is 0.451 e. The Morgan fingerprint density at radius 3 is 2.20 bits per heavy atom. The number of nitrogens with zero attached hydrogens (tertiary/aromatic N) is 2. The quantitative estimate of drug-likeness (QED) is 0.116. The summed E-state index contributed by atoms with van der Waals surface area (Å²) < 4.78 is 6.32. The van der Waals surface area contributed by atoms with Gasteiger partial charge in [0.15, 0.2) is 6.10 Å². The van der Waals surface area contributed by atoms with Gasteiger partial charge in [0, 0.05) is 21.0 Å². The molecule has 1 saturated heterocycles. The fourth-order valence-electron chi connectivity index (χ4n) is 7.45. The number of amides is 2. The molecule has 2 saturated carbocycles. The van der Waals surface area contributed by atoms with E-state index in [2.05, 4.69) is 15.9 Å². The highest BCUT2D eigenvalue weighted by atomic mass is 79.9. The smallest absolute Gasteiger partial charge is 0.339 e. The van der Waals surface area contributed by atoms with Crippen molar-refractivity contribution < 1.29 is 23.9 Å². The van der Waals surface area contributed by atoms with Crippen molar-refractivity contribution in [2.75, 3.05) is 4.90 Å². The number of aromatic nitrogens is 1. The summed E-state index contributed by atoms with van der Waals surface area (Å²) in [6, 6.07) is 17.6. The molecule has 5 atom stereocenters. The number of benzene rings is 3. The van der Waals surface area contributed by atoms with E-state index in [1.54, 1.807) is 55.5 Å². The number of imide groups is 1. The molecule has 2 heterocycles. The van der Waals surface area contributed by atoms with Gasteiger partial charge in [-0.2, -0.15) is 0 Å². The van der Waals surface area contributed by atoms with E-state index in [9.17, 15) is 19.2 Å². The minimum Gasteiger partial charge on any atom is -0.451 e. The van der Waals surface area contributed by atoms with Crippen LogP contribution in [-0.4, -0.2) is 34.7 Å². The van der Waals surface area contributed by atoms with Crippen LogP contribution in [0.1, 0.15) is 58.0 Å². The normalized spacial score (nSPS) is 22.6. The van der Waals surface area contributed by atoms with E-state index in [1.165, 1.54) is 4.90 Å². The molecule has 3 fully saturated rings. The number of ether oxygens (including phenoxy) is 1. The van der Waals surface area contributed by atoms with Gasteiger partial charge in [-0.05, 0) is 97.6 Å². The molecule has 2 bridgehead atoms. The molecule has 2 amide bonds. The van der Waals surface area contributed by atoms with Gasteiger partial charge in [0.1, 0.15) is 0 Å². The van der Waals surface area contributed by atoms with Gasteiger partial charge in [-0.15, -0.1) is 0 Å².